The number of fused-ring (bicyclic) bond motifs is 4. The van der Waals surface area contributed by atoms with E-state index in [1.807, 2.05) is 0 Å². The highest BCUT2D eigenvalue weighted by molar-refractivity contribution is 5.78. The molecule has 320 valence electrons. The van der Waals surface area contributed by atoms with Crippen molar-refractivity contribution in [1.82, 2.24) is 4.90 Å². The molecule has 9 atom stereocenters. The van der Waals surface area contributed by atoms with Gasteiger partial charge in [0.2, 0.25) is 0 Å². The van der Waals surface area contributed by atoms with E-state index < -0.39 is 0 Å². The van der Waals surface area contributed by atoms with Gasteiger partial charge in [-0.05, 0) is 133 Å². The fraction of sp³-hybridized carbons (Fsp3) is 0.323. The van der Waals surface area contributed by atoms with Gasteiger partial charge < -0.3 is 9.64 Å². The highest BCUT2D eigenvalue weighted by Crippen LogP contribution is 2.50. The Morgan fingerprint density at radius 3 is 2.31 bits per heavy atom. The number of rotatable bonds is 8. The van der Waals surface area contributed by atoms with Crippen LogP contribution in [0.1, 0.15) is 87.7 Å². The van der Waals surface area contributed by atoms with Gasteiger partial charge in [-0.1, -0.05) is 182 Å². The Morgan fingerprint density at radius 1 is 0.609 bits per heavy atom. The van der Waals surface area contributed by atoms with Crippen LogP contribution >= 0.6 is 0 Å². The normalized spacial score (nSPS) is 32.0. The summed E-state index contributed by atoms with van der Waals surface area (Å²) in [4.78, 5) is 2.77. The van der Waals surface area contributed by atoms with E-state index in [-0.39, 0.29) is 6.04 Å². The third-order valence-electron chi connectivity index (χ3n) is 16.2. The fourth-order valence-electron chi connectivity index (χ4n) is 13.0. The first-order chi connectivity index (χ1) is 31.7. The molecule has 0 radical (unpaired) electrons. The molecule has 0 amide bonds. The second kappa shape index (κ2) is 17.3. The molecule has 12 rings (SSSR count). The lowest BCUT2D eigenvalue weighted by Crippen LogP contribution is -2.44. The maximum absolute atomic E-state index is 6.86. The summed E-state index contributed by atoms with van der Waals surface area (Å²) in [5, 5.41) is 2.84. The molecule has 0 saturated carbocycles. The summed E-state index contributed by atoms with van der Waals surface area (Å²) in [5.41, 5.74) is 13.2. The van der Waals surface area contributed by atoms with Crippen molar-refractivity contribution in [3.63, 3.8) is 0 Å². The van der Waals surface area contributed by atoms with Gasteiger partial charge in [0.1, 0.15) is 11.9 Å². The number of hydrogen-bond donors (Lipinski definition) is 0. The molecule has 0 aromatic heterocycles. The summed E-state index contributed by atoms with van der Waals surface area (Å²) in [7, 11) is 0. The number of ether oxygens (including phenoxy) is 1. The van der Waals surface area contributed by atoms with Gasteiger partial charge in [-0.3, -0.25) is 0 Å². The fourth-order valence-corrected chi connectivity index (χ4v) is 13.0. The first-order valence-electron chi connectivity index (χ1n) is 24.7. The summed E-state index contributed by atoms with van der Waals surface area (Å²) in [6, 6.07) is 18.7. The van der Waals surface area contributed by atoms with Crippen LogP contribution in [0, 0.1) is 35.5 Å². The standard InChI is InChI=1S/C62H61NO/c1-3-16-43(17-4-1)50-21-9-11-24-54(50)55-25-12-10-22-51(55)45-32-37-49(38-33-45)63(60-41-47-20-7-8-23-52(47)56-26-13-14-27-57(56)60)48-35-30-42(31-36-48)46-34-39-61-59(40-46)58-29-15-28-53(62(58)64-61)44-18-5-2-6-19-44/h1-6,8-14,16,18,21-28,30,32-33,35-37,40,42-44,47,49-50,54,59,61H,7,15,17,19-20,29,31,34,38-39,41H2/t42?,43?,44?,47?,49?,50-,54?,59+,61?/m1/s1. The van der Waals surface area contributed by atoms with E-state index in [2.05, 4.69) is 187 Å². The number of nitrogens with zero attached hydrogens (tertiary/aromatic N) is 1. The molecular formula is C62H61NO. The van der Waals surface area contributed by atoms with Crippen LogP contribution in [0.2, 0.25) is 0 Å². The molecule has 0 saturated heterocycles. The molecule has 0 N–H and O–H groups in total. The Morgan fingerprint density at radius 2 is 1.47 bits per heavy atom. The van der Waals surface area contributed by atoms with Crippen LogP contribution in [0.5, 0.6) is 0 Å². The van der Waals surface area contributed by atoms with E-state index in [1.165, 1.54) is 61.9 Å². The van der Waals surface area contributed by atoms with Crippen molar-refractivity contribution in [2.24, 2.45) is 35.5 Å². The predicted octanol–water partition coefficient (Wildman–Crippen LogP) is 13.3. The van der Waals surface area contributed by atoms with Gasteiger partial charge in [0.25, 0.3) is 0 Å². The van der Waals surface area contributed by atoms with E-state index in [9.17, 15) is 0 Å². The van der Waals surface area contributed by atoms with E-state index in [0.717, 1.165) is 64.2 Å². The van der Waals surface area contributed by atoms with Crippen LogP contribution in [0.25, 0.3) is 16.8 Å². The van der Waals surface area contributed by atoms with E-state index in [1.54, 1.807) is 11.1 Å². The summed E-state index contributed by atoms with van der Waals surface area (Å²) in [6.45, 7) is 0. The van der Waals surface area contributed by atoms with Crippen molar-refractivity contribution in [3.8, 4) is 0 Å². The quantitative estimate of drug-likeness (QED) is 0.246. The molecule has 2 nitrogen and oxygen atoms in total. The maximum atomic E-state index is 6.86. The van der Waals surface area contributed by atoms with Gasteiger partial charge in [0, 0.05) is 40.3 Å². The molecule has 7 unspecified atom stereocenters. The largest absolute Gasteiger partial charge is 0.489 e. The minimum atomic E-state index is 0.232. The smallest absolute Gasteiger partial charge is 0.123 e. The molecule has 1 aliphatic heterocycles. The van der Waals surface area contributed by atoms with Gasteiger partial charge in [-0.2, -0.15) is 0 Å². The maximum Gasteiger partial charge on any atom is 0.123 e. The van der Waals surface area contributed by atoms with Crippen molar-refractivity contribution in [1.29, 1.82) is 0 Å². The average Bonchev–Trinajstić information content (AvgIpc) is 3.76. The topological polar surface area (TPSA) is 12.5 Å². The van der Waals surface area contributed by atoms with Gasteiger partial charge in [0.05, 0.1) is 6.04 Å². The molecule has 9 aliphatic carbocycles. The number of hydrogen-bond acceptors (Lipinski definition) is 2. The predicted molar refractivity (Wildman–Crippen MR) is 265 cm³/mol. The van der Waals surface area contributed by atoms with Crippen molar-refractivity contribution < 1.29 is 4.74 Å². The molecule has 2 aromatic carbocycles. The Balaban J connectivity index is 0.852. The van der Waals surface area contributed by atoms with E-state index in [0.29, 0.717) is 47.5 Å². The summed E-state index contributed by atoms with van der Waals surface area (Å²) in [6.07, 6.45) is 65.2. The highest BCUT2D eigenvalue weighted by Gasteiger charge is 2.41. The molecule has 0 fully saturated rings. The molecule has 64 heavy (non-hydrogen) atoms. The number of benzene rings is 2. The molecule has 0 spiro atoms. The lowest BCUT2D eigenvalue weighted by Gasteiger charge is -2.40. The SMILES string of the molecule is C1=CCC(C2=CCCC3=C2OC2CCC(C4C=CC(N(C5=c6ccccc6=C6C=CCCC6C5)C5C=CC(c6ccccc6C6C=CC=C[C@@H]6C6C=CC=CC6)=CC5)=CC4)=C[C@@H]32)C=C1. The molecule has 1 heterocycles. The zero-order valence-electron chi connectivity index (χ0n) is 37.2. The van der Waals surface area contributed by atoms with Crippen molar-refractivity contribution in [2.45, 2.75) is 88.7 Å². The van der Waals surface area contributed by atoms with Crippen molar-refractivity contribution >= 4 is 16.8 Å². The van der Waals surface area contributed by atoms with Gasteiger partial charge >= 0.3 is 0 Å². The molecular weight excluding hydrogens is 775 g/mol. The highest BCUT2D eigenvalue weighted by atomic mass is 16.5. The van der Waals surface area contributed by atoms with Crippen LogP contribution in [0.15, 0.2) is 210 Å². The summed E-state index contributed by atoms with van der Waals surface area (Å²) < 4.78 is 6.86. The average molecular weight is 836 g/mol. The molecule has 10 aliphatic rings. The monoisotopic (exact) mass is 835 g/mol. The first-order valence-corrected chi connectivity index (χ1v) is 24.7. The van der Waals surface area contributed by atoms with E-state index >= 15 is 0 Å². The Bertz CT molecular complexity index is 2790. The third kappa shape index (κ3) is 7.28. The molecule has 0 bridgehead atoms. The van der Waals surface area contributed by atoms with Gasteiger partial charge in [-0.15, -0.1) is 0 Å². The third-order valence-corrected chi connectivity index (χ3v) is 16.2. The lowest BCUT2D eigenvalue weighted by atomic mass is 9.72. The molecule has 2 aromatic rings. The van der Waals surface area contributed by atoms with Crippen LogP contribution < -0.4 is 10.4 Å². The minimum absolute atomic E-state index is 0.232. The number of allylic oxidation sites excluding steroid dienone is 22. The van der Waals surface area contributed by atoms with Gasteiger partial charge in [-0.25, -0.2) is 0 Å². The Labute approximate surface area is 381 Å². The summed E-state index contributed by atoms with van der Waals surface area (Å²) in [5.74, 6) is 4.40. The second-order valence-corrected chi connectivity index (χ2v) is 19.7. The minimum Gasteiger partial charge on any atom is -0.489 e. The van der Waals surface area contributed by atoms with Gasteiger partial charge in [0.15, 0.2) is 0 Å². The summed E-state index contributed by atoms with van der Waals surface area (Å²) >= 11 is 0. The van der Waals surface area contributed by atoms with Crippen LogP contribution in [-0.2, 0) is 4.74 Å². The van der Waals surface area contributed by atoms with Crippen molar-refractivity contribution in [3.05, 3.63) is 232 Å². The Kier molecular flexibility index (Phi) is 10.7. The second-order valence-electron chi connectivity index (χ2n) is 19.7. The lowest BCUT2D eigenvalue weighted by molar-refractivity contribution is 0.114. The van der Waals surface area contributed by atoms with Crippen LogP contribution in [0.3, 0.4) is 0 Å². The first kappa shape index (κ1) is 39.7. The molecule has 2 heteroatoms. The van der Waals surface area contributed by atoms with E-state index in [4.69, 9.17) is 4.74 Å². The van der Waals surface area contributed by atoms with Crippen molar-refractivity contribution in [2.75, 3.05) is 0 Å². The zero-order valence-corrected chi connectivity index (χ0v) is 37.2. The zero-order chi connectivity index (χ0) is 42.4. The Hall–Kier alpha value is -5.86. The van der Waals surface area contributed by atoms with Crippen LogP contribution in [-0.4, -0.2) is 17.0 Å². The van der Waals surface area contributed by atoms with Crippen LogP contribution in [0.4, 0.5) is 0 Å².